The summed E-state index contributed by atoms with van der Waals surface area (Å²) in [5.41, 5.74) is 2.68. The number of nitrogens with one attached hydrogen (secondary N) is 3. The normalized spacial score (nSPS) is 15.5. The first kappa shape index (κ1) is 22.6. The van der Waals surface area contributed by atoms with Crippen molar-refractivity contribution in [3.05, 3.63) is 54.1 Å². The fraction of sp³-hybridized carbons (Fsp3) is 0.375. The van der Waals surface area contributed by atoms with E-state index >= 15 is 0 Å². The molecule has 0 aromatic heterocycles. The maximum atomic E-state index is 12.8. The molecule has 1 saturated carbocycles. The zero-order valence-corrected chi connectivity index (χ0v) is 18.7. The van der Waals surface area contributed by atoms with Crippen LogP contribution in [0, 0.1) is 0 Å². The van der Waals surface area contributed by atoms with Crippen LogP contribution in [0.25, 0.3) is 0 Å². The predicted molar refractivity (Wildman–Crippen MR) is 127 cm³/mol. The summed E-state index contributed by atoms with van der Waals surface area (Å²) in [6, 6.07) is 14.3. The van der Waals surface area contributed by atoms with Crippen molar-refractivity contribution in [3.8, 4) is 0 Å². The van der Waals surface area contributed by atoms with E-state index in [-0.39, 0.29) is 30.4 Å². The summed E-state index contributed by atoms with van der Waals surface area (Å²) in [5.74, 6) is -0.595. The number of carbonyl (C=O) groups excluding carboxylic acids is 3. The molecule has 9 nitrogen and oxygen atoms in total. The second-order valence-corrected chi connectivity index (χ2v) is 8.31. The van der Waals surface area contributed by atoms with E-state index in [1.807, 2.05) is 24.3 Å². The van der Waals surface area contributed by atoms with Crippen molar-refractivity contribution in [2.45, 2.75) is 18.9 Å². The van der Waals surface area contributed by atoms with Crippen molar-refractivity contribution >= 4 is 34.9 Å². The number of nitrogens with zero attached hydrogens (tertiary/aromatic N) is 2. The van der Waals surface area contributed by atoms with Crippen molar-refractivity contribution in [1.82, 2.24) is 10.2 Å². The van der Waals surface area contributed by atoms with Crippen LogP contribution < -0.4 is 20.9 Å². The topological polar surface area (TPSA) is 103 Å². The average Bonchev–Trinajstić information content (AvgIpc) is 3.63. The Labute approximate surface area is 193 Å². The molecule has 1 heterocycles. The second-order valence-electron chi connectivity index (χ2n) is 8.31. The van der Waals surface area contributed by atoms with Gasteiger partial charge in [-0.1, -0.05) is 6.07 Å². The van der Waals surface area contributed by atoms with Gasteiger partial charge in [-0.2, -0.15) is 0 Å². The fourth-order valence-corrected chi connectivity index (χ4v) is 3.60. The van der Waals surface area contributed by atoms with Gasteiger partial charge in [0.05, 0.1) is 19.8 Å². The molecule has 0 radical (unpaired) electrons. The highest BCUT2D eigenvalue weighted by Crippen LogP contribution is 2.20. The summed E-state index contributed by atoms with van der Waals surface area (Å²) in [7, 11) is 1.57. The van der Waals surface area contributed by atoms with Gasteiger partial charge >= 0.3 is 6.03 Å². The number of anilines is 3. The molecule has 0 bridgehead atoms. The van der Waals surface area contributed by atoms with E-state index in [0.717, 1.165) is 31.6 Å². The number of amides is 4. The third kappa shape index (κ3) is 6.45. The number of carbonyl (C=O) groups is 3. The minimum Gasteiger partial charge on any atom is -0.378 e. The number of benzene rings is 2. The molecule has 174 valence electrons. The molecular formula is C24H29N5O4. The van der Waals surface area contributed by atoms with Crippen LogP contribution >= 0.6 is 0 Å². The molecule has 9 heteroatoms. The SMILES string of the molecule is CN(CC(=O)Nc1ccc(N2CCOCC2)cc1)C(=O)c1cccc(NC(=O)NC2CC2)c1. The van der Waals surface area contributed by atoms with Crippen molar-refractivity contribution in [3.63, 3.8) is 0 Å². The third-order valence-corrected chi connectivity index (χ3v) is 5.53. The Morgan fingerprint density at radius 3 is 2.42 bits per heavy atom. The summed E-state index contributed by atoms with van der Waals surface area (Å²) in [4.78, 5) is 40.8. The molecule has 1 saturated heterocycles. The fourth-order valence-electron chi connectivity index (χ4n) is 3.60. The van der Waals surface area contributed by atoms with Crippen LogP contribution in [0.4, 0.5) is 21.9 Å². The van der Waals surface area contributed by atoms with Crippen LogP contribution in [-0.2, 0) is 9.53 Å². The monoisotopic (exact) mass is 451 g/mol. The zero-order chi connectivity index (χ0) is 23.2. The molecule has 2 aromatic carbocycles. The van der Waals surface area contributed by atoms with Gasteiger partial charge < -0.3 is 30.5 Å². The molecule has 4 amide bonds. The second kappa shape index (κ2) is 10.4. The number of likely N-dealkylation sites (N-methyl/N-ethyl adjacent to an activating group) is 1. The summed E-state index contributed by atoms with van der Waals surface area (Å²) in [6.45, 7) is 3.03. The van der Waals surface area contributed by atoms with Gasteiger partial charge in [-0.25, -0.2) is 4.79 Å². The lowest BCUT2D eigenvalue weighted by molar-refractivity contribution is -0.116. The van der Waals surface area contributed by atoms with E-state index in [9.17, 15) is 14.4 Å². The number of rotatable bonds is 7. The van der Waals surface area contributed by atoms with Crippen LogP contribution in [0.5, 0.6) is 0 Å². The Morgan fingerprint density at radius 2 is 1.73 bits per heavy atom. The standard InChI is InChI=1S/C24H29N5O4/c1-28(23(31)17-3-2-4-20(15-17)27-24(32)26-19-5-6-19)16-22(30)25-18-7-9-21(10-8-18)29-11-13-33-14-12-29/h2-4,7-10,15,19H,5-6,11-14,16H2,1H3,(H,25,30)(H2,26,27,32). The molecule has 33 heavy (non-hydrogen) atoms. The molecule has 2 aromatic rings. The molecule has 2 fully saturated rings. The smallest absolute Gasteiger partial charge is 0.319 e. The van der Waals surface area contributed by atoms with Crippen LogP contribution in [0.2, 0.25) is 0 Å². The summed E-state index contributed by atoms with van der Waals surface area (Å²) >= 11 is 0. The quantitative estimate of drug-likeness (QED) is 0.600. The lowest BCUT2D eigenvalue weighted by Gasteiger charge is -2.28. The number of hydrogen-bond acceptors (Lipinski definition) is 5. The van der Waals surface area contributed by atoms with Crippen molar-refractivity contribution in [2.75, 3.05) is 55.4 Å². The van der Waals surface area contributed by atoms with Crippen LogP contribution in [0.15, 0.2) is 48.5 Å². The van der Waals surface area contributed by atoms with Gasteiger partial charge in [-0.3, -0.25) is 9.59 Å². The number of morpholine rings is 1. The van der Waals surface area contributed by atoms with E-state index in [1.165, 1.54) is 4.90 Å². The Kier molecular flexibility index (Phi) is 7.09. The number of ether oxygens (including phenoxy) is 1. The highest BCUT2D eigenvalue weighted by Gasteiger charge is 2.23. The number of hydrogen-bond donors (Lipinski definition) is 3. The molecule has 0 atom stereocenters. The highest BCUT2D eigenvalue weighted by molar-refractivity contribution is 6.00. The minimum absolute atomic E-state index is 0.0934. The van der Waals surface area contributed by atoms with Gasteiger partial charge in [0.25, 0.3) is 5.91 Å². The van der Waals surface area contributed by atoms with Crippen LogP contribution in [0.1, 0.15) is 23.2 Å². The Hall–Kier alpha value is -3.59. The molecule has 1 aliphatic carbocycles. The molecule has 1 aliphatic heterocycles. The minimum atomic E-state index is -0.306. The maximum absolute atomic E-state index is 12.8. The largest absolute Gasteiger partial charge is 0.378 e. The average molecular weight is 452 g/mol. The van der Waals surface area contributed by atoms with E-state index in [0.29, 0.717) is 30.2 Å². The molecular weight excluding hydrogens is 422 g/mol. The first-order chi connectivity index (χ1) is 16.0. The molecule has 4 rings (SSSR count). The van der Waals surface area contributed by atoms with Gasteiger partial charge in [-0.15, -0.1) is 0 Å². The van der Waals surface area contributed by atoms with Gasteiger partial charge in [0.1, 0.15) is 0 Å². The third-order valence-electron chi connectivity index (χ3n) is 5.53. The van der Waals surface area contributed by atoms with E-state index < -0.39 is 0 Å². The van der Waals surface area contributed by atoms with E-state index in [4.69, 9.17) is 4.74 Å². The molecule has 3 N–H and O–H groups in total. The Bertz CT molecular complexity index is 1000. The summed E-state index contributed by atoms with van der Waals surface area (Å²) in [5, 5.41) is 8.41. The lowest BCUT2D eigenvalue weighted by Crippen LogP contribution is -2.36. The van der Waals surface area contributed by atoms with Gasteiger partial charge in [0.2, 0.25) is 5.91 Å². The van der Waals surface area contributed by atoms with Crippen molar-refractivity contribution in [1.29, 1.82) is 0 Å². The number of urea groups is 1. The summed E-state index contributed by atoms with van der Waals surface area (Å²) < 4.78 is 5.37. The zero-order valence-electron chi connectivity index (χ0n) is 18.7. The van der Waals surface area contributed by atoms with Gasteiger partial charge in [0, 0.05) is 48.8 Å². The molecule has 0 unspecified atom stereocenters. The van der Waals surface area contributed by atoms with Gasteiger partial charge in [-0.05, 0) is 55.3 Å². The maximum Gasteiger partial charge on any atom is 0.319 e. The predicted octanol–water partition coefficient (Wildman–Crippen LogP) is 2.52. The summed E-state index contributed by atoms with van der Waals surface area (Å²) in [6.07, 6.45) is 1.99. The first-order valence-corrected chi connectivity index (χ1v) is 11.1. The van der Waals surface area contributed by atoms with Gasteiger partial charge in [0.15, 0.2) is 0 Å². The van der Waals surface area contributed by atoms with Crippen molar-refractivity contribution < 1.29 is 19.1 Å². The Morgan fingerprint density at radius 1 is 1.00 bits per heavy atom. The van der Waals surface area contributed by atoms with Crippen LogP contribution in [0.3, 0.4) is 0 Å². The van der Waals surface area contributed by atoms with E-state index in [2.05, 4.69) is 20.9 Å². The van der Waals surface area contributed by atoms with Crippen LogP contribution in [-0.4, -0.2) is 68.7 Å². The Balaban J connectivity index is 1.28. The first-order valence-electron chi connectivity index (χ1n) is 11.1. The molecule has 2 aliphatic rings. The van der Waals surface area contributed by atoms with E-state index in [1.54, 1.807) is 31.3 Å². The lowest BCUT2D eigenvalue weighted by atomic mass is 10.1. The highest BCUT2D eigenvalue weighted by atomic mass is 16.5. The van der Waals surface area contributed by atoms with Crippen molar-refractivity contribution in [2.24, 2.45) is 0 Å². The molecule has 0 spiro atoms.